The molecule has 0 aliphatic heterocycles. The van der Waals surface area contributed by atoms with Crippen LogP contribution in [0.5, 0.6) is 5.75 Å². The number of nitrogens with two attached hydrogens (primary N) is 1. The van der Waals surface area contributed by atoms with Crippen LogP contribution in [0.4, 0.5) is 0 Å². The molecule has 108 valence electrons. The number of hydrogen-bond donors (Lipinski definition) is 1. The highest BCUT2D eigenvalue weighted by Gasteiger charge is 2.23. The van der Waals surface area contributed by atoms with Gasteiger partial charge in [-0.25, -0.2) is 0 Å². The molecule has 0 radical (unpaired) electrons. The monoisotopic (exact) mass is 313 g/mol. The van der Waals surface area contributed by atoms with Gasteiger partial charge in [-0.3, -0.25) is 4.68 Å². The summed E-state index contributed by atoms with van der Waals surface area (Å²) in [6.07, 6.45) is 1.60. The van der Waals surface area contributed by atoms with Crippen molar-refractivity contribution < 1.29 is 4.74 Å². The first-order chi connectivity index (χ1) is 9.45. The maximum atomic E-state index is 6.36. The van der Waals surface area contributed by atoms with Crippen molar-refractivity contribution in [1.82, 2.24) is 9.78 Å². The number of nitrogens with zero attached hydrogens (tertiary/aromatic N) is 2. The van der Waals surface area contributed by atoms with Gasteiger partial charge in [0.15, 0.2) is 0 Å². The van der Waals surface area contributed by atoms with E-state index in [0.717, 1.165) is 11.3 Å². The third-order valence-corrected chi connectivity index (χ3v) is 3.62. The number of methoxy groups -OCH3 is 1. The molecule has 0 saturated carbocycles. The zero-order valence-corrected chi connectivity index (χ0v) is 13.1. The minimum absolute atomic E-state index is 0.161. The Morgan fingerprint density at radius 1 is 1.30 bits per heavy atom. The Morgan fingerprint density at radius 3 is 2.60 bits per heavy atom. The van der Waals surface area contributed by atoms with Gasteiger partial charge in [-0.05, 0) is 32.0 Å². The predicted molar refractivity (Wildman–Crippen MR) is 81.7 cm³/mol. The lowest BCUT2D eigenvalue weighted by molar-refractivity contribution is 0.405. The summed E-state index contributed by atoms with van der Waals surface area (Å²) in [4.78, 5) is 0. The van der Waals surface area contributed by atoms with E-state index in [-0.39, 0.29) is 6.04 Å². The SMILES string of the molecule is COc1ccc(Cl)cc1C(N)c1c(Cl)cnn1C(C)C. The Balaban J connectivity index is 2.54. The maximum absolute atomic E-state index is 6.36. The second-order valence-corrected chi connectivity index (χ2v) is 5.62. The topological polar surface area (TPSA) is 53.1 Å². The molecular formula is C14H17Cl2N3O. The average Bonchev–Trinajstić information content (AvgIpc) is 2.80. The Morgan fingerprint density at radius 2 is 2.00 bits per heavy atom. The molecule has 2 N–H and O–H groups in total. The number of rotatable bonds is 4. The lowest BCUT2D eigenvalue weighted by Crippen LogP contribution is -2.19. The second-order valence-electron chi connectivity index (χ2n) is 4.78. The average molecular weight is 314 g/mol. The molecule has 20 heavy (non-hydrogen) atoms. The molecule has 2 rings (SSSR count). The van der Waals surface area contributed by atoms with Crippen LogP contribution in [-0.2, 0) is 0 Å². The summed E-state index contributed by atoms with van der Waals surface area (Å²) >= 11 is 12.3. The molecule has 4 nitrogen and oxygen atoms in total. The third-order valence-electron chi connectivity index (χ3n) is 3.10. The highest BCUT2D eigenvalue weighted by atomic mass is 35.5. The van der Waals surface area contributed by atoms with Crippen molar-refractivity contribution >= 4 is 23.2 Å². The van der Waals surface area contributed by atoms with Crippen LogP contribution in [0.25, 0.3) is 0 Å². The van der Waals surface area contributed by atoms with Crippen molar-refractivity contribution in [2.75, 3.05) is 7.11 Å². The minimum atomic E-state index is -0.457. The molecule has 1 atom stereocenters. The Bertz CT molecular complexity index is 610. The second kappa shape index (κ2) is 6.04. The summed E-state index contributed by atoms with van der Waals surface area (Å²) in [6.45, 7) is 4.05. The lowest BCUT2D eigenvalue weighted by atomic mass is 10.0. The molecular weight excluding hydrogens is 297 g/mol. The highest BCUT2D eigenvalue weighted by molar-refractivity contribution is 6.31. The smallest absolute Gasteiger partial charge is 0.124 e. The summed E-state index contributed by atoms with van der Waals surface area (Å²) in [7, 11) is 1.60. The summed E-state index contributed by atoms with van der Waals surface area (Å²) in [5.74, 6) is 0.675. The third kappa shape index (κ3) is 2.77. The number of hydrogen-bond acceptors (Lipinski definition) is 3. The van der Waals surface area contributed by atoms with E-state index in [1.165, 1.54) is 0 Å². The quantitative estimate of drug-likeness (QED) is 0.933. The van der Waals surface area contributed by atoms with Gasteiger partial charge in [0.05, 0.1) is 30.1 Å². The van der Waals surface area contributed by atoms with Crippen LogP contribution in [0.15, 0.2) is 24.4 Å². The van der Waals surface area contributed by atoms with Crippen LogP contribution in [0, 0.1) is 0 Å². The number of halogens is 2. The fraction of sp³-hybridized carbons (Fsp3) is 0.357. The van der Waals surface area contributed by atoms with Crippen LogP contribution in [0.3, 0.4) is 0 Å². The Hall–Kier alpha value is -1.23. The van der Waals surface area contributed by atoms with Crippen molar-refractivity contribution in [2.45, 2.75) is 25.9 Å². The number of aromatic nitrogens is 2. The van der Waals surface area contributed by atoms with Crippen LogP contribution < -0.4 is 10.5 Å². The van der Waals surface area contributed by atoms with Crippen LogP contribution in [0.1, 0.15) is 37.2 Å². The van der Waals surface area contributed by atoms with Crippen molar-refractivity contribution in [1.29, 1.82) is 0 Å². The molecule has 0 aliphatic carbocycles. The van der Waals surface area contributed by atoms with E-state index in [4.69, 9.17) is 33.7 Å². The normalized spacial score (nSPS) is 12.8. The largest absolute Gasteiger partial charge is 0.496 e. The summed E-state index contributed by atoms with van der Waals surface area (Å²) < 4.78 is 7.16. The molecule has 0 amide bonds. The molecule has 0 saturated heterocycles. The Labute approximate surface area is 128 Å². The van der Waals surface area contributed by atoms with Gasteiger partial charge in [-0.2, -0.15) is 5.10 Å². The molecule has 0 spiro atoms. The lowest BCUT2D eigenvalue weighted by Gasteiger charge is -2.20. The van der Waals surface area contributed by atoms with Gasteiger partial charge in [0.2, 0.25) is 0 Å². The number of benzene rings is 1. The van der Waals surface area contributed by atoms with E-state index >= 15 is 0 Å². The van der Waals surface area contributed by atoms with Gasteiger partial charge in [0.1, 0.15) is 5.75 Å². The van der Waals surface area contributed by atoms with Gasteiger partial charge in [0, 0.05) is 16.6 Å². The van der Waals surface area contributed by atoms with E-state index in [1.807, 2.05) is 18.5 Å². The van der Waals surface area contributed by atoms with Gasteiger partial charge < -0.3 is 10.5 Å². The van der Waals surface area contributed by atoms with Crippen molar-refractivity contribution in [3.8, 4) is 5.75 Å². The molecule has 0 bridgehead atoms. The Kier molecular flexibility index (Phi) is 4.58. The molecule has 2 aromatic rings. The maximum Gasteiger partial charge on any atom is 0.124 e. The summed E-state index contributed by atoms with van der Waals surface area (Å²) in [5, 5.41) is 5.41. The summed E-state index contributed by atoms with van der Waals surface area (Å²) in [6, 6.07) is 5.05. The standard InChI is InChI=1S/C14H17Cl2N3O/c1-8(2)19-14(11(16)7-18-19)13(17)10-6-9(15)4-5-12(10)20-3/h4-8,13H,17H2,1-3H3. The van der Waals surface area contributed by atoms with Crippen molar-refractivity contribution in [3.63, 3.8) is 0 Å². The zero-order valence-electron chi connectivity index (χ0n) is 11.6. The highest BCUT2D eigenvalue weighted by Crippen LogP contribution is 2.34. The molecule has 0 fully saturated rings. The van der Waals surface area contributed by atoms with E-state index < -0.39 is 6.04 Å². The van der Waals surface area contributed by atoms with E-state index in [9.17, 15) is 0 Å². The molecule has 1 aromatic carbocycles. The molecule has 1 heterocycles. The van der Waals surface area contributed by atoms with E-state index in [1.54, 1.807) is 31.5 Å². The van der Waals surface area contributed by atoms with Crippen molar-refractivity contribution in [3.05, 3.63) is 45.7 Å². The summed E-state index contributed by atoms with van der Waals surface area (Å²) in [5.41, 5.74) is 7.90. The molecule has 0 aliphatic rings. The van der Waals surface area contributed by atoms with Gasteiger partial charge in [-0.15, -0.1) is 0 Å². The zero-order chi connectivity index (χ0) is 14.9. The van der Waals surface area contributed by atoms with Gasteiger partial charge >= 0.3 is 0 Å². The van der Waals surface area contributed by atoms with Gasteiger partial charge in [0.25, 0.3) is 0 Å². The number of ether oxygens (including phenoxy) is 1. The van der Waals surface area contributed by atoms with Crippen LogP contribution in [-0.4, -0.2) is 16.9 Å². The first-order valence-electron chi connectivity index (χ1n) is 6.27. The molecule has 1 aromatic heterocycles. The van der Waals surface area contributed by atoms with Crippen molar-refractivity contribution in [2.24, 2.45) is 5.73 Å². The van der Waals surface area contributed by atoms with Crippen LogP contribution in [0.2, 0.25) is 10.0 Å². The molecule has 6 heteroatoms. The van der Waals surface area contributed by atoms with E-state index in [2.05, 4.69) is 5.10 Å². The molecule has 1 unspecified atom stereocenters. The van der Waals surface area contributed by atoms with Crippen LogP contribution >= 0.6 is 23.2 Å². The minimum Gasteiger partial charge on any atom is -0.496 e. The first-order valence-corrected chi connectivity index (χ1v) is 7.03. The fourth-order valence-electron chi connectivity index (χ4n) is 2.15. The van der Waals surface area contributed by atoms with Gasteiger partial charge in [-0.1, -0.05) is 23.2 Å². The fourth-order valence-corrected chi connectivity index (χ4v) is 2.58. The predicted octanol–water partition coefficient (Wildman–Crippen LogP) is 3.83. The van der Waals surface area contributed by atoms with E-state index in [0.29, 0.717) is 15.8 Å². The first kappa shape index (κ1) is 15.2.